The van der Waals surface area contributed by atoms with Gasteiger partial charge in [0.25, 0.3) is 0 Å². The number of likely N-dealkylation sites (tertiary alicyclic amines) is 1. The third-order valence-electron chi connectivity index (χ3n) is 3.47. The first-order chi connectivity index (χ1) is 9.77. The van der Waals surface area contributed by atoms with Gasteiger partial charge in [0.2, 0.25) is 5.91 Å². The quantitative estimate of drug-likeness (QED) is 0.698. The maximum Gasteiger partial charge on any atom is 0.222 e. The summed E-state index contributed by atoms with van der Waals surface area (Å²) in [6, 6.07) is 0.608. The third kappa shape index (κ3) is 8.54. The van der Waals surface area contributed by atoms with Crippen molar-refractivity contribution in [2.75, 3.05) is 32.8 Å². The van der Waals surface area contributed by atoms with E-state index in [0.29, 0.717) is 18.4 Å². The summed E-state index contributed by atoms with van der Waals surface area (Å²) in [5, 5.41) is 3.46. The molecule has 0 spiro atoms. The number of ether oxygens (including phenoxy) is 1. The van der Waals surface area contributed by atoms with Gasteiger partial charge in [-0.25, -0.2) is 0 Å². The number of hydrogen-bond acceptors (Lipinski definition) is 3. The van der Waals surface area contributed by atoms with Crippen molar-refractivity contribution in [2.45, 2.75) is 65.8 Å². The summed E-state index contributed by atoms with van der Waals surface area (Å²) < 4.78 is 5.27. The first-order valence-corrected chi connectivity index (χ1v) is 8.36. The van der Waals surface area contributed by atoms with Crippen molar-refractivity contribution in [1.29, 1.82) is 0 Å². The molecule has 0 radical (unpaired) electrons. The molecule has 1 fully saturated rings. The van der Waals surface area contributed by atoms with E-state index in [9.17, 15) is 4.79 Å². The molecule has 1 N–H and O–H groups in total. The molecule has 4 nitrogen and oxygen atoms in total. The molecule has 1 rings (SSSR count). The number of carbonyl (C=O) groups excluding carboxylic acids is 1. The lowest BCUT2D eigenvalue weighted by atomic mass is 10.0. The zero-order chi connectivity index (χ0) is 15.2. The average Bonchev–Trinajstić information content (AvgIpc) is 2.50. The molecule has 20 heavy (non-hydrogen) atoms. The summed E-state index contributed by atoms with van der Waals surface area (Å²) in [4.78, 5) is 14.0. The Bertz CT molecular complexity index is 227. The summed E-state index contributed by atoms with van der Waals surface area (Å²) in [5.74, 6) is 0.321. The van der Waals surface area contributed by atoms with Crippen molar-refractivity contribution >= 4 is 5.91 Å². The molecule has 0 unspecified atom stereocenters. The summed E-state index contributed by atoms with van der Waals surface area (Å²) >= 11 is 0. The maximum atomic E-state index is 12.0. The predicted octanol–water partition coefficient (Wildman–Crippen LogP) is 2.82. The molecule has 0 bridgehead atoms. The maximum absolute atomic E-state index is 12.0. The fraction of sp³-hybridized carbons (Fsp3) is 0.938. The Kier molecular flexibility index (Phi) is 13.0. The molecular formula is C16H34N2O2. The molecule has 0 atom stereocenters. The first kappa shape index (κ1) is 19.4. The van der Waals surface area contributed by atoms with Gasteiger partial charge in [0, 0.05) is 38.8 Å². The Hall–Kier alpha value is -0.610. The average molecular weight is 286 g/mol. The van der Waals surface area contributed by atoms with Crippen LogP contribution in [-0.4, -0.2) is 49.7 Å². The van der Waals surface area contributed by atoms with Gasteiger partial charge in [-0.2, -0.15) is 0 Å². The van der Waals surface area contributed by atoms with Crippen molar-refractivity contribution in [2.24, 2.45) is 0 Å². The first-order valence-electron chi connectivity index (χ1n) is 8.36. The fourth-order valence-corrected chi connectivity index (χ4v) is 2.40. The van der Waals surface area contributed by atoms with Crippen LogP contribution in [0.2, 0.25) is 0 Å². The molecule has 0 aromatic carbocycles. The minimum atomic E-state index is 0.321. The minimum absolute atomic E-state index is 0.321. The van der Waals surface area contributed by atoms with Crippen LogP contribution in [0.25, 0.3) is 0 Å². The van der Waals surface area contributed by atoms with Gasteiger partial charge in [-0.05, 0) is 39.2 Å². The van der Waals surface area contributed by atoms with Crippen LogP contribution in [0.4, 0.5) is 0 Å². The predicted molar refractivity (Wildman–Crippen MR) is 85.0 cm³/mol. The van der Waals surface area contributed by atoms with Crippen LogP contribution in [0.5, 0.6) is 0 Å². The van der Waals surface area contributed by atoms with E-state index in [1.165, 1.54) is 0 Å². The van der Waals surface area contributed by atoms with Crippen molar-refractivity contribution in [3.63, 3.8) is 0 Å². The molecule has 0 aromatic heterocycles. The van der Waals surface area contributed by atoms with Gasteiger partial charge in [-0.3, -0.25) is 4.79 Å². The van der Waals surface area contributed by atoms with Gasteiger partial charge >= 0.3 is 0 Å². The molecule has 1 aliphatic heterocycles. The Morgan fingerprint density at radius 1 is 1.20 bits per heavy atom. The third-order valence-corrected chi connectivity index (χ3v) is 3.47. The molecule has 120 valence electrons. The second-order valence-electron chi connectivity index (χ2n) is 4.87. The van der Waals surface area contributed by atoms with Crippen LogP contribution in [0.3, 0.4) is 0 Å². The minimum Gasteiger partial charge on any atom is -0.382 e. The van der Waals surface area contributed by atoms with E-state index in [0.717, 1.165) is 58.5 Å². The number of nitrogens with one attached hydrogen (secondary N) is 1. The van der Waals surface area contributed by atoms with E-state index in [2.05, 4.69) is 12.2 Å². The van der Waals surface area contributed by atoms with Crippen LogP contribution in [0.1, 0.15) is 59.8 Å². The highest BCUT2D eigenvalue weighted by Crippen LogP contribution is 2.12. The Morgan fingerprint density at radius 3 is 2.40 bits per heavy atom. The largest absolute Gasteiger partial charge is 0.382 e. The lowest BCUT2D eigenvalue weighted by molar-refractivity contribution is -0.132. The number of carbonyl (C=O) groups is 1. The van der Waals surface area contributed by atoms with Crippen molar-refractivity contribution in [3.05, 3.63) is 0 Å². The van der Waals surface area contributed by atoms with Crippen LogP contribution in [-0.2, 0) is 9.53 Å². The normalized spacial score (nSPS) is 15.7. The smallest absolute Gasteiger partial charge is 0.222 e. The van der Waals surface area contributed by atoms with E-state index < -0.39 is 0 Å². The van der Waals surface area contributed by atoms with Gasteiger partial charge in [0.1, 0.15) is 0 Å². The second-order valence-corrected chi connectivity index (χ2v) is 4.87. The summed E-state index contributed by atoms with van der Waals surface area (Å²) in [6.45, 7) is 12.5. The molecule has 1 saturated heterocycles. The van der Waals surface area contributed by atoms with E-state index in [1.54, 1.807) is 0 Å². The van der Waals surface area contributed by atoms with Crippen molar-refractivity contribution in [1.82, 2.24) is 10.2 Å². The van der Waals surface area contributed by atoms with E-state index >= 15 is 0 Å². The summed E-state index contributed by atoms with van der Waals surface area (Å²) in [5.41, 5.74) is 0. The van der Waals surface area contributed by atoms with Crippen LogP contribution in [0.15, 0.2) is 0 Å². The topological polar surface area (TPSA) is 41.6 Å². The van der Waals surface area contributed by atoms with Crippen LogP contribution >= 0.6 is 0 Å². The standard InChI is InChI=1S/C14H28N2O2.C2H6/c1-3-15-13-8-10-16(11-9-13)14(17)7-5-6-12-18-4-2;1-2/h13,15H,3-12H2,1-2H3;1-2H3. The van der Waals surface area contributed by atoms with Crippen molar-refractivity contribution in [3.8, 4) is 0 Å². The number of rotatable bonds is 8. The number of piperidine rings is 1. The number of unbranched alkanes of at least 4 members (excludes halogenated alkanes) is 1. The lowest BCUT2D eigenvalue weighted by Gasteiger charge is -2.32. The van der Waals surface area contributed by atoms with Gasteiger partial charge in [-0.1, -0.05) is 20.8 Å². The van der Waals surface area contributed by atoms with Gasteiger partial charge in [-0.15, -0.1) is 0 Å². The Morgan fingerprint density at radius 2 is 1.85 bits per heavy atom. The van der Waals surface area contributed by atoms with E-state index in [-0.39, 0.29) is 0 Å². The summed E-state index contributed by atoms with van der Waals surface area (Å²) in [6.07, 6.45) is 4.81. The monoisotopic (exact) mass is 286 g/mol. The van der Waals surface area contributed by atoms with Gasteiger partial charge in [0.05, 0.1) is 0 Å². The second kappa shape index (κ2) is 13.4. The van der Waals surface area contributed by atoms with Gasteiger partial charge in [0.15, 0.2) is 0 Å². The van der Waals surface area contributed by atoms with E-state index in [4.69, 9.17) is 4.74 Å². The summed E-state index contributed by atoms with van der Waals surface area (Å²) in [7, 11) is 0. The van der Waals surface area contributed by atoms with Crippen LogP contribution < -0.4 is 5.32 Å². The fourth-order valence-electron chi connectivity index (χ4n) is 2.40. The highest BCUT2D eigenvalue weighted by Gasteiger charge is 2.21. The SMILES string of the molecule is CC.CCNC1CCN(C(=O)CCCCOCC)CC1. The Balaban J connectivity index is 0.00000172. The van der Waals surface area contributed by atoms with Crippen LogP contribution in [0, 0.1) is 0 Å². The molecule has 1 aliphatic rings. The molecule has 0 aliphatic carbocycles. The van der Waals surface area contributed by atoms with E-state index in [1.807, 2.05) is 25.7 Å². The zero-order valence-electron chi connectivity index (χ0n) is 13.9. The van der Waals surface area contributed by atoms with Gasteiger partial charge < -0.3 is 15.0 Å². The molecule has 1 amide bonds. The molecule has 0 saturated carbocycles. The molecule has 0 aromatic rings. The lowest BCUT2D eigenvalue weighted by Crippen LogP contribution is -2.44. The molecule has 4 heteroatoms. The zero-order valence-corrected chi connectivity index (χ0v) is 13.9. The van der Waals surface area contributed by atoms with Crippen molar-refractivity contribution < 1.29 is 9.53 Å². The molecule has 1 heterocycles. The Labute approximate surface area is 125 Å². The number of nitrogens with zero attached hydrogens (tertiary/aromatic N) is 1. The number of hydrogen-bond donors (Lipinski definition) is 1. The highest BCUT2D eigenvalue weighted by atomic mass is 16.5. The number of amides is 1. The highest BCUT2D eigenvalue weighted by molar-refractivity contribution is 5.76. The molecular weight excluding hydrogens is 252 g/mol.